The predicted molar refractivity (Wildman–Crippen MR) is 88.3 cm³/mol. The molecule has 0 aliphatic carbocycles. The minimum atomic E-state index is -2.82. The zero-order valence-electron chi connectivity index (χ0n) is 14.5. The smallest absolute Gasteiger partial charge is 0.150 e. The summed E-state index contributed by atoms with van der Waals surface area (Å²) in [5, 5.41) is 3.52. The molecule has 1 aliphatic rings. The molecule has 126 valence electrons. The van der Waals surface area contributed by atoms with Gasteiger partial charge in [0.25, 0.3) is 0 Å². The second kappa shape index (κ2) is 6.97. The Kier molecular flexibility index (Phi) is 6.28. The minimum Gasteiger partial charge on any atom is -0.376 e. The fourth-order valence-corrected chi connectivity index (χ4v) is 4.57. The molecule has 21 heavy (non-hydrogen) atoms. The molecule has 0 saturated carbocycles. The normalized spacial score (nSPS) is 24.2. The van der Waals surface area contributed by atoms with Crippen molar-refractivity contribution < 1.29 is 13.2 Å². The molecule has 0 aromatic carbocycles. The van der Waals surface area contributed by atoms with E-state index in [1.807, 2.05) is 0 Å². The van der Waals surface area contributed by atoms with Gasteiger partial charge in [-0.15, -0.1) is 0 Å². The van der Waals surface area contributed by atoms with Crippen LogP contribution in [-0.4, -0.2) is 44.2 Å². The van der Waals surface area contributed by atoms with Crippen molar-refractivity contribution >= 4 is 9.84 Å². The molecular formula is C16H33NO3S. The van der Waals surface area contributed by atoms with Crippen LogP contribution in [0.15, 0.2) is 0 Å². The zero-order valence-corrected chi connectivity index (χ0v) is 15.3. The lowest BCUT2D eigenvalue weighted by atomic mass is 9.88. The first-order chi connectivity index (χ1) is 9.38. The predicted octanol–water partition coefficient (Wildman–Crippen LogP) is 2.63. The maximum Gasteiger partial charge on any atom is 0.150 e. The quantitative estimate of drug-likeness (QED) is 0.818. The first-order valence-corrected chi connectivity index (χ1v) is 9.79. The molecule has 0 spiro atoms. The van der Waals surface area contributed by atoms with Gasteiger partial charge in [-0.3, -0.25) is 0 Å². The Bertz CT molecular complexity index is 418. The summed E-state index contributed by atoms with van der Waals surface area (Å²) in [5.41, 5.74) is -0.0790. The Morgan fingerprint density at radius 1 is 1.19 bits per heavy atom. The van der Waals surface area contributed by atoms with Gasteiger partial charge in [-0.25, -0.2) is 8.42 Å². The lowest BCUT2D eigenvalue weighted by molar-refractivity contribution is -0.0120. The van der Waals surface area contributed by atoms with Crippen LogP contribution in [0.25, 0.3) is 0 Å². The van der Waals surface area contributed by atoms with Crippen molar-refractivity contribution in [1.82, 2.24) is 5.32 Å². The van der Waals surface area contributed by atoms with Crippen molar-refractivity contribution in [2.45, 2.75) is 65.5 Å². The summed E-state index contributed by atoms with van der Waals surface area (Å²) in [7, 11) is -2.82. The standard InChI is InChI=1S/C16H33NO3S/c1-15(2,3)17-11-13(7-9-20-16(4,5)6)14-8-10-21(18,19)12-14/h13-14,17H,7-12H2,1-6H3. The Morgan fingerprint density at radius 2 is 1.81 bits per heavy atom. The first kappa shape index (κ1) is 18.9. The molecular weight excluding hydrogens is 286 g/mol. The van der Waals surface area contributed by atoms with E-state index in [0.29, 0.717) is 24.0 Å². The average Bonchev–Trinajstić information content (AvgIpc) is 2.60. The molecule has 1 fully saturated rings. The van der Waals surface area contributed by atoms with Gasteiger partial charge in [0, 0.05) is 12.1 Å². The van der Waals surface area contributed by atoms with E-state index >= 15 is 0 Å². The molecule has 0 aromatic rings. The second-order valence-electron chi connectivity index (χ2n) is 8.30. The van der Waals surface area contributed by atoms with Gasteiger partial charge < -0.3 is 10.1 Å². The topological polar surface area (TPSA) is 55.4 Å². The molecule has 1 saturated heterocycles. The van der Waals surface area contributed by atoms with Gasteiger partial charge >= 0.3 is 0 Å². The summed E-state index contributed by atoms with van der Waals surface area (Å²) in [6.07, 6.45) is 1.72. The van der Waals surface area contributed by atoms with Gasteiger partial charge in [-0.2, -0.15) is 0 Å². The third kappa shape index (κ3) is 8.17. The van der Waals surface area contributed by atoms with Crippen molar-refractivity contribution in [1.29, 1.82) is 0 Å². The van der Waals surface area contributed by atoms with Crippen molar-refractivity contribution in [3.8, 4) is 0 Å². The molecule has 0 amide bonds. The molecule has 1 heterocycles. The third-order valence-electron chi connectivity index (χ3n) is 3.85. The van der Waals surface area contributed by atoms with Crippen LogP contribution in [0.5, 0.6) is 0 Å². The lowest BCUT2D eigenvalue weighted by Crippen LogP contribution is -2.41. The molecule has 1 N–H and O–H groups in total. The highest BCUT2D eigenvalue weighted by molar-refractivity contribution is 7.91. The summed E-state index contributed by atoms with van der Waals surface area (Å²) in [5.74, 6) is 1.33. The van der Waals surface area contributed by atoms with Gasteiger partial charge in [-0.05, 0) is 72.8 Å². The van der Waals surface area contributed by atoms with Crippen LogP contribution in [0.4, 0.5) is 0 Å². The van der Waals surface area contributed by atoms with Crippen LogP contribution in [0, 0.1) is 11.8 Å². The Hall–Kier alpha value is -0.130. The summed E-state index contributed by atoms with van der Waals surface area (Å²) in [6.45, 7) is 14.1. The monoisotopic (exact) mass is 319 g/mol. The number of rotatable bonds is 6. The van der Waals surface area contributed by atoms with Gasteiger partial charge in [0.2, 0.25) is 0 Å². The van der Waals surface area contributed by atoms with Gasteiger partial charge in [0.15, 0.2) is 9.84 Å². The number of sulfone groups is 1. The Labute approximate surface area is 130 Å². The molecule has 1 aliphatic heterocycles. The van der Waals surface area contributed by atoms with E-state index in [0.717, 1.165) is 19.4 Å². The molecule has 5 heteroatoms. The van der Waals surface area contributed by atoms with E-state index in [-0.39, 0.29) is 17.1 Å². The van der Waals surface area contributed by atoms with Crippen molar-refractivity contribution in [3.05, 3.63) is 0 Å². The summed E-state index contributed by atoms with van der Waals surface area (Å²) >= 11 is 0. The highest BCUT2D eigenvalue weighted by Crippen LogP contribution is 2.28. The summed E-state index contributed by atoms with van der Waals surface area (Å²) in [4.78, 5) is 0. The van der Waals surface area contributed by atoms with Crippen molar-refractivity contribution in [2.24, 2.45) is 11.8 Å². The highest BCUT2D eigenvalue weighted by Gasteiger charge is 2.34. The molecule has 0 aromatic heterocycles. The van der Waals surface area contributed by atoms with E-state index in [9.17, 15) is 8.42 Å². The molecule has 4 nitrogen and oxygen atoms in total. The SMILES string of the molecule is CC(C)(C)NCC(CCOC(C)(C)C)C1CCS(=O)(=O)C1. The van der Waals surface area contributed by atoms with E-state index in [1.54, 1.807) is 0 Å². The second-order valence-corrected chi connectivity index (χ2v) is 10.5. The first-order valence-electron chi connectivity index (χ1n) is 7.97. The molecule has 0 bridgehead atoms. The molecule has 1 rings (SSSR count). The van der Waals surface area contributed by atoms with E-state index in [2.05, 4.69) is 46.9 Å². The van der Waals surface area contributed by atoms with Gasteiger partial charge in [-0.1, -0.05) is 0 Å². The van der Waals surface area contributed by atoms with Crippen LogP contribution in [0.2, 0.25) is 0 Å². The third-order valence-corrected chi connectivity index (χ3v) is 5.65. The summed E-state index contributed by atoms with van der Waals surface area (Å²) in [6, 6.07) is 0. The fraction of sp³-hybridized carbons (Fsp3) is 1.00. The van der Waals surface area contributed by atoms with Crippen molar-refractivity contribution in [2.75, 3.05) is 24.7 Å². The van der Waals surface area contributed by atoms with Crippen LogP contribution in [0.1, 0.15) is 54.4 Å². The molecule has 2 atom stereocenters. The zero-order chi connectivity index (χ0) is 16.3. The van der Waals surface area contributed by atoms with Crippen LogP contribution in [0.3, 0.4) is 0 Å². The van der Waals surface area contributed by atoms with E-state index in [4.69, 9.17) is 4.74 Å². The number of hydrogen-bond acceptors (Lipinski definition) is 4. The molecule has 2 unspecified atom stereocenters. The fourth-order valence-electron chi connectivity index (χ4n) is 2.65. The Balaban J connectivity index is 2.58. The maximum atomic E-state index is 11.7. The van der Waals surface area contributed by atoms with Crippen LogP contribution >= 0.6 is 0 Å². The van der Waals surface area contributed by atoms with Crippen LogP contribution < -0.4 is 5.32 Å². The highest BCUT2D eigenvalue weighted by atomic mass is 32.2. The van der Waals surface area contributed by atoms with E-state index in [1.165, 1.54) is 0 Å². The number of hydrogen-bond donors (Lipinski definition) is 1. The lowest BCUT2D eigenvalue weighted by Gasteiger charge is -2.29. The molecule has 0 radical (unpaired) electrons. The maximum absolute atomic E-state index is 11.7. The van der Waals surface area contributed by atoms with Crippen LogP contribution in [-0.2, 0) is 14.6 Å². The van der Waals surface area contributed by atoms with E-state index < -0.39 is 9.84 Å². The van der Waals surface area contributed by atoms with Crippen molar-refractivity contribution in [3.63, 3.8) is 0 Å². The minimum absolute atomic E-state index is 0.0562. The largest absolute Gasteiger partial charge is 0.376 e. The average molecular weight is 320 g/mol. The number of nitrogens with one attached hydrogen (secondary N) is 1. The summed E-state index contributed by atoms with van der Waals surface area (Å²) < 4.78 is 29.3. The number of ether oxygens (including phenoxy) is 1. The Morgan fingerprint density at radius 3 is 2.24 bits per heavy atom. The van der Waals surface area contributed by atoms with Gasteiger partial charge in [0.1, 0.15) is 0 Å². The van der Waals surface area contributed by atoms with Gasteiger partial charge in [0.05, 0.1) is 17.1 Å².